The van der Waals surface area contributed by atoms with Crippen LogP contribution >= 0.6 is 0 Å². The summed E-state index contributed by atoms with van der Waals surface area (Å²) in [6.07, 6.45) is 8.12. The van der Waals surface area contributed by atoms with Crippen LogP contribution in [0.25, 0.3) is 50.1 Å². The van der Waals surface area contributed by atoms with Crippen LogP contribution in [0.2, 0.25) is 0 Å². The van der Waals surface area contributed by atoms with Gasteiger partial charge in [0.2, 0.25) is 0 Å². The molecule has 4 aliphatic rings. The van der Waals surface area contributed by atoms with Gasteiger partial charge in [-0.15, -0.1) is 0 Å². The second-order valence-corrected chi connectivity index (χ2v) is 18.9. The number of benzene rings is 10. The highest BCUT2D eigenvalue weighted by Crippen LogP contribution is 2.68. The van der Waals surface area contributed by atoms with E-state index in [1.165, 1.54) is 112 Å². The zero-order valence-corrected chi connectivity index (χ0v) is 38.1. The molecule has 1 unspecified atom stereocenters. The molecule has 324 valence electrons. The highest BCUT2D eigenvalue weighted by molar-refractivity contribution is 5.99. The molecule has 14 rings (SSSR count). The maximum absolute atomic E-state index is 2.63. The van der Waals surface area contributed by atoms with Gasteiger partial charge in [0, 0.05) is 16.9 Å². The highest BCUT2D eigenvalue weighted by atomic mass is 15.2. The van der Waals surface area contributed by atoms with Crippen LogP contribution in [0.15, 0.2) is 267 Å². The number of allylic oxidation sites excluding steroid dienone is 2. The molecule has 1 atom stereocenters. The predicted molar refractivity (Wildman–Crippen MR) is 286 cm³/mol. The van der Waals surface area contributed by atoms with Crippen LogP contribution in [-0.4, -0.2) is 6.04 Å². The van der Waals surface area contributed by atoms with E-state index in [4.69, 9.17) is 0 Å². The van der Waals surface area contributed by atoms with Crippen molar-refractivity contribution in [1.82, 2.24) is 0 Å². The third-order valence-electron chi connectivity index (χ3n) is 15.7. The molecule has 1 heteroatoms. The molecule has 0 aromatic heterocycles. The van der Waals surface area contributed by atoms with E-state index < -0.39 is 10.8 Å². The van der Waals surface area contributed by atoms with Crippen molar-refractivity contribution in [2.24, 2.45) is 0 Å². The van der Waals surface area contributed by atoms with Crippen molar-refractivity contribution in [3.8, 4) is 44.5 Å². The molecule has 10 aromatic carbocycles. The summed E-state index contributed by atoms with van der Waals surface area (Å²) in [5, 5.41) is 0. The number of hydrogen-bond acceptors (Lipinski definition) is 1. The first-order chi connectivity index (χ1) is 34.3. The van der Waals surface area contributed by atoms with Crippen LogP contribution < -0.4 is 4.90 Å². The van der Waals surface area contributed by atoms with Crippen molar-refractivity contribution in [1.29, 1.82) is 0 Å². The molecule has 0 saturated heterocycles. The van der Waals surface area contributed by atoms with E-state index >= 15 is 0 Å². The number of hydrogen-bond donors (Lipinski definition) is 0. The fraction of sp³-hybridized carbons (Fsp3) is 0.0588. The lowest BCUT2D eigenvalue weighted by Gasteiger charge is -2.49. The molecule has 4 aliphatic carbocycles. The van der Waals surface area contributed by atoms with Gasteiger partial charge in [0.25, 0.3) is 0 Å². The number of nitrogens with zero attached hydrogens (tertiary/aromatic N) is 1. The summed E-state index contributed by atoms with van der Waals surface area (Å²) in [5.74, 6) is 0. The lowest BCUT2D eigenvalue weighted by Crippen LogP contribution is -2.43. The highest BCUT2D eigenvalue weighted by Gasteiger charge is 2.59. The first-order valence-corrected chi connectivity index (χ1v) is 24.4. The van der Waals surface area contributed by atoms with E-state index in [9.17, 15) is 0 Å². The Morgan fingerprint density at radius 2 is 0.739 bits per heavy atom. The van der Waals surface area contributed by atoms with Crippen LogP contribution in [0.4, 0.5) is 11.4 Å². The van der Waals surface area contributed by atoms with Crippen LogP contribution in [0.1, 0.15) is 56.5 Å². The molecule has 0 saturated carbocycles. The van der Waals surface area contributed by atoms with Gasteiger partial charge in [-0.25, -0.2) is 0 Å². The van der Waals surface area contributed by atoms with E-state index in [1.807, 2.05) is 0 Å². The van der Waals surface area contributed by atoms with Gasteiger partial charge in [-0.1, -0.05) is 249 Å². The summed E-state index contributed by atoms with van der Waals surface area (Å²) in [5.41, 5.74) is 24.7. The van der Waals surface area contributed by atoms with Gasteiger partial charge >= 0.3 is 0 Å². The first-order valence-electron chi connectivity index (χ1n) is 24.4. The third-order valence-corrected chi connectivity index (χ3v) is 15.7. The summed E-state index contributed by atoms with van der Waals surface area (Å²) in [6, 6.07) is 93.2. The number of rotatable bonds is 6. The van der Waals surface area contributed by atoms with E-state index in [1.54, 1.807) is 0 Å². The number of anilines is 2. The van der Waals surface area contributed by atoms with Crippen molar-refractivity contribution in [2.75, 3.05) is 4.90 Å². The smallest absolute Gasteiger partial charge is 0.0720 e. The van der Waals surface area contributed by atoms with E-state index in [0.29, 0.717) is 0 Å². The molecule has 0 N–H and O–H groups in total. The third kappa shape index (κ3) is 5.59. The summed E-state index contributed by atoms with van der Waals surface area (Å²) < 4.78 is 0. The van der Waals surface area contributed by atoms with Gasteiger partial charge < -0.3 is 4.90 Å². The molecule has 2 spiro atoms. The molecule has 69 heavy (non-hydrogen) atoms. The van der Waals surface area contributed by atoms with E-state index in [2.05, 4.69) is 272 Å². The molecule has 0 radical (unpaired) electrons. The van der Waals surface area contributed by atoms with Gasteiger partial charge in [-0.3, -0.25) is 0 Å². The van der Waals surface area contributed by atoms with Gasteiger partial charge in [-0.05, 0) is 119 Å². The quantitative estimate of drug-likeness (QED) is 0.161. The molecule has 0 aliphatic heterocycles. The largest absolute Gasteiger partial charge is 0.334 e. The average molecular weight is 878 g/mol. The van der Waals surface area contributed by atoms with E-state index in [0.717, 1.165) is 6.42 Å². The Kier molecular flexibility index (Phi) is 8.91. The average Bonchev–Trinajstić information content (AvgIpc) is 3.90. The standard InChI is InChI=1S/C68H47N/c1-3-20-46(21-4-1)47-38-42-50(43-39-47)69(51-44-40-49(41-45-51)53-25-8-7-24-52(53)48-22-5-2-6-23-48)65-37-19-36-64-66(65)56-28-11-14-31-59(56)68(64)62-34-17-15-32-60(62)67(61-33-16-18-35-63(61)68)57-29-12-9-26-54(57)55-27-10-13-30-58(55)67/h1-44,51H,45H2. The van der Waals surface area contributed by atoms with Crippen LogP contribution in [-0.2, 0) is 10.8 Å². The summed E-state index contributed by atoms with van der Waals surface area (Å²) in [4.78, 5) is 2.63. The molecule has 0 heterocycles. The fourth-order valence-corrected chi connectivity index (χ4v) is 13.0. The summed E-state index contributed by atoms with van der Waals surface area (Å²) in [7, 11) is 0. The van der Waals surface area contributed by atoms with Crippen molar-refractivity contribution in [2.45, 2.75) is 23.3 Å². The molecular weight excluding hydrogens is 831 g/mol. The Balaban J connectivity index is 0.989. The Hall–Kier alpha value is -8.52. The lowest BCUT2D eigenvalue weighted by molar-refractivity contribution is 0.633. The SMILES string of the molecule is C1=CC(N(c2ccc(-c3ccccc3)cc2)c2cccc3c2-c2ccccc2C32c3ccccc3C3(c4ccccc4-c4ccccc43)c3ccccc32)CC=C1c1ccccc1-c1ccccc1. The minimum atomic E-state index is -0.577. The van der Waals surface area contributed by atoms with Gasteiger partial charge in [-0.2, -0.15) is 0 Å². The second kappa shape index (κ2) is 15.5. The Morgan fingerprint density at radius 3 is 1.29 bits per heavy atom. The van der Waals surface area contributed by atoms with Gasteiger partial charge in [0.1, 0.15) is 0 Å². The minimum absolute atomic E-state index is 0.0520. The van der Waals surface area contributed by atoms with Crippen LogP contribution in [0, 0.1) is 0 Å². The predicted octanol–water partition coefficient (Wildman–Crippen LogP) is 16.6. The van der Waals surface area contributed by atoms with Crippen molar-refractivity contribution >= 4 is 16.9 Å². The van der Waals surface area contributed by atoms with Crippen molar-refractivity contribution in [3.63, 3.8) is 0 Å². The van der Waals surface area contributed by atoms with Crippen LogP contribution in [0.5, 0.6) is 0 Å². The summed E-state index contributed by atoms with van der Waals surface area (Å²) in [6.45, 7) is 0. The fourth-order valence-electron chi connectivity index (χ4n) is 13.0. The first kappa shape index (κ1) is 39.6. The van der Waals surface area contributed by atoms with Gasteiger partial charge in [0.05, 0.1) is 16.9 Å². The normalized spacial score (nSPS) is 15.9. The molecule has 0 amide bonds. The van der Waals surface area contributed by atoms with Crippen LogP contribution in [0.3, 0.4) is 0 Å². The molecule has 10 aromatic rings. The Morgan fingerprint density at radius 1 is 0.319 bits per heavy atom. The summed E-state index contributed by atoms with van der Waals surface area (Å²) >= 11 is 0. The molecular formula is C68H47N. The Bertz CT molecular complexity index is 3610. The maximum atomic E-state index is 2.63. The van der Waals surface area contributed by atoms with E-state index in [-0.39, 0.29) is 6.04 Å². The van der Waals surface area contributed by atoms with Gasteiger partial charge in [0.15, 0.2) is 0 Å². The molecule has 0 bridgehead atoms. The van der Waals surface area contributed by atoms with Crippen molar-refractivity contribution < 1.29 is 0 Å². The lowest BCUT2D eigenvalue weighted by atomic mass is 9.52. The minimum Gasteiger partial charge on any atom is -0.334 e. The van der Waals surface area contributed by atoms with Crippen molar-refractivity contribution in [3.05, 3.63) is 317 Å². The topological polar surface area (TPSA) is 3.24 Å². The second-order valence-electron chi connectivity index (χ2n) is 18.9. The molecule has 1 nitrogen and oxygen atoms in total. The molecule has 0 fully saturated rings. The Labute approximate surface area is 404 Å². The monoisotopic (exact) mass is 877 g/mol. The zero-order valence-electron chi connectivity index (χ0n) is 38.1. The maximum Gasteiger partial charge on any atom is 0.0720 e. The zero-order chi connectivity index (χ0) is 45.5. The number of fused-ring (bicyclic) bond motifs is 16.